The molecule has 1 aromatic rings. The molecule has 25 heavy (non-hydrogen) atoms. The molecule has 9 heteroatoms. The molecule has 0 radical (unpaired) electrons. The summed E-state index contributed by atoms with van der Waals surface area (Å²) >= 11 is 0. The van der Waals surface area contributed by atoms with Crippen LogP contribution in [-0.4, -0.2) is 28.7 Å². The van der Waals surface area contributed by atoms with Gasteiger partial charge in [0.2, 0.25) is 0 Å². The molecule has 1 fully saturated rings. The Hall–Kier alpha value is -2.58. The maximum atomic E-state index is 12.3. The Bertz CT molecular complexity index is 801. The summed E-state index contributed by atoms with van der Waals surface area (Å²) in [6, 6.07) is 0. The number of H-pyrrole nitrogens is 1. The summed E-state index contributed by atoms with van der Waals surface area (Å²) in [6.45, 7) is 3.19. The predicted octanol–water partition coefficient (Wildman–Crippen LogP) is 2.09. The van der Waals surface area contributed by atoms with E-state index >= 15 is 0 Å². The molecule has 0 bridgehead atoms. The summed E-state index contributed by atoms with van der Waals surface area (Å²) in [5.41, 5.74) is 6.14. The molecular formula is C16H17F3N4O2. The average molecular weight is 354 g/mol. The molecular weight excluding hydrogens is 337 g/mol. The predicted molar refractivity (Wildman–Crippen MR) is 84.4 cm³/mol. The Labute approximate surface area is 141 Å². The van der Waals surface area contributed by atoms with E-state index in [4.69, 9.17) is 0 Å². The average Bonchev–Trinajstić information content (AvgIpc) is 3.25. The van der Waals surface area contributed by atoms with Gasteiger partial charge in [-0.15, -0.1) is 0 Å². The number of carbonyl (C=O) groups excluding carboxylic acids is 2. The summed E-state index contributed by atoms with van der Waals surface area (Å²) in [6.07, 6.45) is -1.28. The van der Waals surface area contributed by atoms with Crippen molar-refractivity contribution in [1.29, 1.82) is 0 Å². The largest absolute Gasteiger partial charge is 0.471 e. The van der Waals surface area contributed by atoms with Crippen molar-refractivity contribution in [3.8, 4) is 0 Å². The van der Waals surface area contributed by atoms with Crippen molar-refractivity contribution in [3.63, 3.8) is 0 Å². The first kappa shape index (κ1) is 17.2. The maximum absolute atomic E-state index is 12.3. The molecule has 6 nitrogen and oxygen atoms in total. The van der Waals surface area contributed by atoms with Crippen LogP contribution in [0.1, 0.15) is 35.4 Å². The number of nitrogens with one attached hydrogen (secondary N) is 3. The van der Waals surface area contributed by atoms with Crippen LogP contribution in [0.5, 0.6) is 0 Å². The van der Waals surface area contributed by atoms with E-state index in [1.165, 1.54) is 0 Å². The van der Waals surface area contributed by atoms with Gasteiger partial charge in [-0.1, -0.05) is 0 Å². The number of aromatic amines is 1. The van der Waals surface area contributed by atoms with Crippen molar-refractivity contribution in [2.24, 2.45) is 11.0 Å². The number of nitrogens with zero attached hydrogens (tertiary/aromatic N) is 1. The fourth-order valence-corrected chi connectivity index (χ4v) is 2.79. The van der Waals surface area contributed by atoms with E-state index in [9.17, 15) is 22.8 Å². The second-order valence-corrected chi connectivity index (χ2v) is 6.22. The Morgan fingerprint density at radius 2 is 2.04 bits per heavy atom. The van der Waals surface area contributed by atoms with Crippen molar-refractivity contribution in [3.05, 3.63) is 28.1 Å². The minimum atomic E-state index is -4.92. The third kappa shape index (κ3) is 3.45. The number of alkyl halides is 3. The summed E-state index contributed by atoms with van der Waals surface area (Å²) in [5.74, 6) is -1.99. The summed E-state index contributed by atoms with van der Waals surface area (Å²) < 4.78 is 36.9. The van der Waals surface area contributed by atoms with E-state index in [0.717, 1.165) is 18.6 Å². The van der Waals surface area contributed by atoms with Crippen molar-refractivity contribution in [2.75, 3.05) is 0 Å². The molecule has 2 amide bonds. The molecule has 0 saturated heterocycles. The summed E-state index contributed by atoms with van der Waals surface area (Å²) in [7, 11) is 0. The smallest absolute Gasteiger partial charge is 0.359 e. The van der Waals surface area contributed by atoms with Gasteiger partial charge < -0.3 is 10.3 Å². The lowest BCUT2D eigenvalue weighted by Gasteiger charge is -2.08. The first-order valence-electron chi connectivity index (χ1n) is 7.81. The lowest BCUT2D eigenvalue weighted by molar-refractivity contribution is -0.173. The zero-order chi connectivity index (χ0) is 18.4. The van der Waals surface area contributed by atoms with Crippen LogP contribution in [0.3, 0.4) is 0 Å². The van der Waals surface area contributed by atoms with Crippen LogP contribution in [0, 0.1) is 19.8 Å². The first-order chi connectivity index (χ1) is 11.7. The highest BCUT2D eigenvalue weighted by molar-refractivity contribution is 6.28. The van der Waals surface area contributed by atoms with Crippen molar-refractivity contribution < 1.29 is 22.8 Å². The highest BCUT2D eigenvalue weighted by Gasteiger charge is 2.38. The van der Waals surface area contributed by atoms with E-state index in [1.807, 2.05) is 5.32 Å². The van der Waals surface area contributed by atoms with Crippen LogP contribution < -0.4 is 10.7 Å². The van der Waals surface area contributed by atoms with Crippen LogP contribution in [0.2, 0.25) is 0 Å². The highest BCUT2D eigenvalue weighted by Crippen LogP contribution is 2.35. The number of hydrazone groups is 1. The normalized spacial score (nSPS) is 19.2. The number of halogens is 3. The van der Waals surface area contributed by atoms with Gasteiger partial charge in [-0.2, -0.15) is 18.3 Å². The van der Waals surface area contributed by atoms with E-state index < -0.39 is 12.1 Å². The highest BCUT2D eigenvalue weighted by atomic mass is 19.4. The SMILES string of the molecule is Cc1[nH]c(C=C2C(=O)NN=C2C2CC2)c(C)c1CNC(=O)C(F)(F)F. The van der Waals surface area contributed by atoms with Gasteiger partial charge in [0.05, 0.1) is 11.3 Å². The van der Waals surface area contributed by atoms with E-state index in [-0.39, 0.29) is 18.4 Å². The van der Waals surface area contributed by atoms with Crippen molar-refractivity contribution >= 4 is 23.6 Å². The number of aromatic nitrogens is 1. The van der Waals surface area contributed by atoms with Gasteiger partial charge in [0.25, 0.3) is 5.91 Å². The van der Waals surface area contributed by atoms with Gasteiger partial charge in [-0.3, -0.25) is 9.59 Å². The van der Waals surface area contributed by atoms with Crippen LogP contribution >= 0.6 is 0 Å². The minimum absolute atomic E-state index is 0.245. The van der Waals surface area contributed by atoms with Gasteiger partial charge in [0.1, 0.15) is 0 Å². The molecule has 3 N–H and O–H groups in total. The van der Waals surface area contributed by atoms with Gasteiger partial charge >= 0.3 is 12.1 Å². The van der Waals surface area contributed by atoms with Gasteiger partial charge in [-0.25, -0.2) is 5.43 Å². The maximum Gasteiger partial charge on any atom is 0.471 e. The summed E-state index contributed by atoms with van der Waals surface area (Å²) in [5, 5.41) is 5.92. The molecule has 0 aromatic carbocycles. The Morgan fingerprint density at radius 3 is 2.64 bits per heavy atom. The zero-order valence-electron chi connectivity index (χ0n) is 13.7. The quantitative estimate of drug-likeness (QED) is 0.723. The summed E-state index contributed by atoms with van der Waals surface area (Å²) in [4.78, 5) is 26.0. The lowest BCUT2D eigenvalue weighted by Crippen LogP contribution is -2.36. The number of aryl methyl sites for hydroxylation is 1. The number of carbonyl (C=O) groups is 2. The molecule has 0 spiro atoms. The van der Waals surface area contributed by atoms with Crippen LogP contribution in [0.15, 0.2) is 10.7 Å². The standard InChI is InChI=1S/C16H17F3N4O2/c1-7-11(6-20-15(25)16(17,18)19)8(2)21-12(7)5-10-13(9-3-4-9)22-23-14(10)24/h5,9,21H,3-4,6H2,1-2H3,(H,20,25)(H,23,24). The zero-order valence-corrected chi connectivity index (χ0v) is 13.7. The Balaban J connectivity index is 1.82. The molecule has 2 aliphatic rings. The molecule has 1 aliphatic heterocycles. The molecule has 1 aliphatic carbocycles. The van der Waals surface area contributed by atoms with Crippen LogP contribution in [0.4, 0.5) is 13.2 Å². The number of amides is 2. The number of hydrogen-bond donors (Lipinski definition) is 3. The van der Waals surface area contributed by atoms with E-state index in [1.54, 1.807) is 19.9 Å². The van der Waals surface area contributed by atoms with E-state index in [2.05, 4.69) is 15.5 Å². The van der Waals surface area contributed by atoms with Crippen LogP contribution in [-0.2, 0) is 16.1 Å². The topological polar surface area (TPSA) is 86.3 Å². The molecule has 0 atom stereocenters. The molecule has 2 heterocycles. The fourth-order valence-electron chi connectivity index (χ4n) is 2.79. The molecule has 1 aromatic heterocycles. The molecule has 134 valence electrons. The Morgan fingerprint density at radius 1 is 1.36 bits per heavy atom. The third-order valence-electron chi connectivity index (χ3n) is 4.37. The Kier molecular flexibility index (Phi) is 4.18. The minimum Gasteiger partial charge on any atom is -0.359 e. The fraction of sp³-hybridized carbons (Fsp3) is 0.438. The molecule has 0 unspecified atom stereocenters. The molecule has 3 rings (SSSR count). The second-order valence-electron chi connectivity index (χ2n) is 6.22. The molecule has 1 saturated carbocycles. The lowest BCUT2D eigenvalue weighted by atomic mass is 10.0. The van der Waals surface area contributed by atoms with Crippen molar-refractivity contribution in [2.45, 2.75) is 39.4 Å². The monoisotopic (exact) mass is 354 g/mol. The number of rotatable bonds is 4. The van der Waals surface area contributed by atoms with Gasteiger partial charge in [0, 0.05) is 23.9 Å². The third-order valence-corrected chi connectivity index (χ3v) is 4.37. The van der Waals surface area contributed by atoms with Crippen LogP contribution in [0.25, 0.3) is 6.08 Å². The first-order valence-corrected chi connectivity index (χ1v) is 7.81. The number of hydrogen-bond acceptors (Lipinski definition) is 3. The van der Waals surface area contributed by atoms with Crippen molar-refractivity contribution in [1.82, 2.24) is 15.7 Å². The van der Waals surface area contributed by atoms with Gasteiger partial charge in [-0.05, 0) is 43.9 Å². The second kappa shape index (κ2) is 6.05. The van der Waals surface area contributed by atoms with E-state index in [0.29, 0.717) is 28.1 Å². The van der Waals surface area contributed by atoms with Gasteiger partial charge in [0.15, 0.2) is 0 Å².